The molecular formula is C14H14N2O2S2. The van der Waals surface area contributed by atoms with Gasteiger partial charge in [0.05, 0.1) is 11.7 Å². The number of benzene rings is 1. The van der Waals surface area contributed by atoms with E-state index in [2.05, 4.69) is 10.1 Å². The van der Waals surface area contributed by atoms with Crippen LogP contribution in [0.4, 0.5) is 0 Å². The smallest absolute Gasteiger partial charge is 0.234 e. The van der Waals surface area contributed by atoms with Crippen molar-refractivity contribution in [1.82, 2.24) is 10.1 Å². The second kappa shape index (κ2) is 6.45. The first-order chi connectivity index (χ1) is 9.83. The molecule has 1 saturated heterocycles. The summed E-state index contributed by atoms with van der Waals surface area (Å²) in [6, 6.07) is 9.19. The van der Waals surface area contributed by atoms with E-state index in [4.69, 9.17) is 4.52 Å². The molecule has 1 fully saturated rings. The van der Waals surface area contributed by atoms with Gasteiger partial charge in [0.2, 0.25) is 5.89 Å². The molecule has 1 aliphatic rings. The standard InChI is InChI=1S/C14H14N2O2S2/c17-11(10-4-2-1-3-5-10)8-13-15-14(16-18-13)12-9-19-6-7-20-12/h1-5,12H,6-9H2. The second-order valence-corrected chi connectivity index (χ2v) is 6.91. The van der Waals surface area contributed by atoms with Gasteiger partial charge in [0.1, 0.15) is 0 Å². The zero-order valence-electron chi connectivity index (χ0n) is 10.8. The Balaban J connectivity index is 1.66. The van der Waals surface area contributed by atoms with E-state index in [9.17, 15) is 4.79 Å². The van der Waals surface area contributed by atoms with Gasteiger partial charge in [0, 0.05) is 22.8 Å². The van der Waals surface area contributed by atoms with E-state index in [1.54, 1.807) is 12.1 Å². The lowest BCUT2D eigenvalue weighted by Gasteiger charge is -2.16. The Labute approximate surface area is 125 Å². The van der Waals surface area contributed by atoms with Crippen molar-refractivity contribution in [1.29, 1.82) is 0 Å². The van der Waals surface area contributed by atoms with Crippen LogP contribution in [-0.2, 0) is 6.42 Å². The van der Waals surface area contributed by atoms with E-state index in [0.717, 1.165) is 17.3 Å². The third kappa shape index (κ3) is 3.24. The number of hydrogen-bond acceptors (Lipinski definition) is 6. The molecule has 0 saturated carbocycles. The van der Waals surface area contributed by atoms with Crippen LogP contribution in [0.25, 0.3) is 0 Å². The Hall–Kier alpha value is -1.27. The fourth-order valence-corrected chi connectivity index (χ4v) is 4.56. The van der Waals surface area contributed by atoms with Crippen LogP contribution in [0.5, 0.6) is 0 Å². The number of rotatable bonds is 4. The number of aromatic nitrogens is 2. The van der Waals surface area contributed by atoms with Crippen LogP contribution in [-0.4, -0.2) is 33.2 Å². The van der Waals surface area contributed by atoms with Gasteiger partial charge in [-0.2, -0.15) is 16.7 Å². The first kappa shape index (κ1) is 13.7. The Morgan fingerprint density at radius 3 is 2.90 bits per heavy atom. The number of Topliss-reactive ketones (excluding diaryl/α,β-unsaturated/α-hetero) is 1. The SMILES string of the molecule is O=C(Cc1nc(C2CSCCS2)no1)c1ccccc1. The molecule has 20 heavy (non-hydrogen) atoms. The van der Waals surface area contributed by atoms with Crippen molar-refractivity contribution in [2.24, 2.45) is 0 Å². The quantitative estimate of drug-likeness (QED) is 0.809. The van der Waals surface area contributed by atoms with Gasteiger partial charge >= 0.3 is 0 Å². The molecule has 2 aromatic rings. The van der Waals surface area contributed by atoms with E-state index < -0.39 is 0 Å². The molecule has 0 bridgehead atoms. The summed E-state index contributed by atoms with van der Waals surface area (Å²) in [5, 5.41) is 4.30. The molecule has 1 aromatic carbocycles. The van der Waals surface area contributed by atoms with E-state index >= 15 is 0 Å². The third-order valence-corrected chi connectivity index (χ3v) is 5.75. The van der Waals surface area contributed by atoms with Crippen LogP contribution >= 0.6 is 23.5 Å². The molecule has 0 spiro atoms. The molecule has 0 radical (unpaired) electrons. The van der Waals surface area contributed by atoms with Crippen LogP contribution in [0, 0.1) is 0 Å². The molecule has 4 nitrogen and oxygen atoms in total. The Kier molecular flexibility index (Phi) is 4.42. The van der Waals surface area contributed by atoms with Gasteiger partial charge in [-0.1, -0.05) is 35.5 Å². The lowest BCUT2D eigenvalue weighted by Crippen LogP contribution is -2.08. The van der Waals surface area contributed by atoms with Gasteiger partial charge in [-0.05, 0) is 0 Å². The number of carbonyl (C=O) groups excluding carboxylic acids is 1. The first-order valence-corrected chi connectivity index (χ1v) is 8.63. The third-order valence-electron chi connectivity index (χ3n) is 3.00. The Bertz CT molecular complexity index is 580. The zero-order chi connectivity index (χ0) is 13.8. The van der Waals surface area contributed by atoms with Gasteiger partial charge in [0.25, 0.3) is 0 Å². The van der Waals surface area contributed by atoms with Crippen LogP contribution in [0.1, 0.15) is 27.3 Å². The molecular weight excluding hydrogens is 292 g/mol. The topological polar surface area (TPSA) is 56.0 Å². The summed E-state index contributed by atoms with van der Waals surface area (Å²) in [5.74, 6) is 4.44. The van der Waals surface area contributed by atoms with Crippen molar-refractivity contribution in [3.63, 3.8) is 0 Å². The van der Waals surface area contributed by atoms with Crippen molar-refractivity contribution < 1.29 is 9.32 Å². The maximum atomic E-state index is 12.1. The largest absolute Gasteiger partial charge is 0.339 e. The number of carbonyl (C=O) groups is 1. The molecule has 104 valence electrons. The molecule has 0 aliphatic carbocycles. The minimum Gasteiger partial charge on any atom is -0.339 e. The molecule has 1 unspecified atom stereocenters. The normalized spacial score (nSPS) is 18.9. The second-order valence-electron chi connectivity index (χ2n) is 4.45. The lowest BCUT2D eigenvalue weighted by molar-refractivity contribution is 0.0983. The highest BCUT2D eigenvalue weighted by Crippen LogP contribution is 2.35. The molecule has 0 N–H and O–H groups in total. The molecule has 3 rings (SSSR count). The summed E-state index contributed by atoms with van der Waals surface area (Å²) in [6.07, 6.45) is 0.168. The van der Waals surface area contributed by atoms with E-state index in [1.165, 1.54) is 5.75 Å². The van der Waals surface area contributed by atoms with Gasteiger partial charge < -0.3 is 4.52 Å². The van der Waals surface area contributed by atoms with Crippen molar-refractivity contribution in [2.45, 2.75) is 11.7 Å². The lowest BCUT2D eigenvalue weighted by atomic mass is 10.1. The van der Waals surface area contributed by atoms with E-state index in [1.807, 2.05) is 41.7 Å². The minimum absolute atomic E-state index is 0.00599. The highest BCUT2D eigenvalue weighted by molar-refractivity contribution is 8.06. The highest BCUT2D eigenvalue weighted by atomic mass is 32.2. The molecule has 2 heterocycles. The Morgan fingerprint density at radius 2 is 2.15 bits per heavy atom. The molecule has 0 amide bonds. The van der Waals surface area contributed by atoms with Crippen LogP contribution in [0.15, 0.2) is 34.9 Å². The fourth-order valence-electron chi connectivity index (χ4n) is 1.97. The number of ketones is 1. The van der Waals surface area contributed by atoms with Gasteiger partial charge in [-0.3, -0.25) is 4.79 Å². The molecule has 6 heteroatoms. The first-order valence-electron chi connectivity index (χ1n) is 6.43. The van der Waals surface area contributed by atoms with Crippen LogP contribution in [0.2, 0.25) is 0 Å². The van der Waals surface area contributed by atoms with Crippen LogP contribution < -0.4 is 0 Å². The predicted molar refractivity (Wildman–Crippen MR) is 81.3 cm³/mol. The maximum absolute atomic E-state index is 12.1. The minimum atomic E-state index is 0.00599. The summed E-state index contributed by atoms with van der Waals surface area (Å²) < 4.78 is 5.21. The maximum Gasteiger partial charge on any atom is 0.234 e. The number of hydrogen-bond donors (Lipinski definition) is 0. The summed E-state index contributed by atoms with van der Waals surface area (Å²) in [7, 11) is 0. The number of thioether (sulfide) groups is 2. The van der Waals surface area contributed by atoms with E-state index in [-0.39, 0.29) is 17.5 Å². The fraction of sp³-hybridized carbons (Fsp3) is 0.357. The average Bonchev–Trinajstić information content (AvgIpc) is 2.97. The number of nitrogens with zero attached hydrogens (tertiary/aromatic N) is 2. The van der Waals surface area contributed by atoms with Crippen LogP contribution in [0.3, 0.4) is 0 Å². The van der Waals surface area contributed by atoms with Crippen molar-refractivity contribution in [3.8, 4) is 0 Å². The zero-order valence-corrected chi connectivity index (χ0v) is 12.5. The van der Waals surface area contributed by atoms with Crippen molar-refractivity contribution in [3.05, 3.63) is 47.6 Å². The molecule has 1 aliphatic heterocycles. The molecule has 1 aromatic heterocycles. The van der Waals surface area contributed by atoms with Crippen molar-refractivity contribution in [2.75, 3.05) is 17.3 Å². The summed E-state index contributed by atoms with van der Waals surface area (Å²) in [4.78, 5) is 16.4. The van der Waals surface area contributed by atoms with Gasteiger partial charge in [-0.25, -0.2) is 0 Å². The van der Waals surface area contributed by atoms with Gasteiger partial charge in [0.15, 0.2) is 11.6 Å². The summed E-state index contributed by atoms with van der Waals surface area (Å²) in [5.41, 5.74) is 0.676. The predicted octanol–water partition coefficient (Wildman–Crippen LogP) is 3.02. The molecule has 1 atom stereocenters. The monoisotopic (exact) mass is 306 g/mol. The van der Waals surface area contributed by atoms with E-state index in [0.29, 0.717) is 11.5 Å². The summed E-state index contributed by atoms with van der Waals surface area (Å²) >= 11 is 3.76. The highest BCUT2D eigenvalue weighted by Gasteiger charge is 2.22. The summed E-state index contributed by atoms with van der Waals surface area (Å²) in [6.45, 7) is 0. The van der Waals surface area contributed by atoms with Crippen molar-refractivity contribution >= 4 is 29.3 Å². The van der Waals surface area contributed by atoms with Gasteiger partial charge in [-0.15, -0.1) is 11.8 Å². The average molecular weight is 306 g/mol. The Morgan fingerprint density at radius 1 is 1.30 bits per heavy atom.